The van der Waals surface area contributed by atoms with E-state index in [2.05, 4.69) is 16.0 Å². The van der Waals surface area contributed by atoms with Crippen LogP contribution in [0.2, 0.25) is 0 Å². The zero-order chi connectivity index (χ0) is 18.1. The molecule has 7 heteroatoms. The summed E-state index contributed by atoms with van der Waals surface area (Å²) in [4.78, 5) is 24.3. The number of amides is 2. The number of carbonyl (C=O) groups excluding carboxylic acids is 2. The number of aromatic nitrogens is 2. The summed E-state index contributed by atoms with van der Waals surface area (Å²) >= 11 is 0. The molecule has 2 aliphatic carbocycles. The second kappa shape index (κ2) is 6.82. The minimum atomic E-state index is -0.640. The lowest BCUT2D eigenvalue weighted by Gasteiger charge is -2.20. The van der Waals surface area contributed by atoms with E-state index in [4.69, 9.17) is 0 Å². The molecule has 2 amide bonds. The minimum Gasteiger partial charge on any atom is -0.504 e. The van der Waals surface area contributed by atoms with E-state index in [1.807, 2.05) is 30.3 Å². The number of nitrogens with one attached hydrogen (secondary N) is 2. The second-order valence-electron chi connectivity index (χ2n) is 7.28. The number of para-hydroxylation sites is 1. The Morgan fingerprint density at radius 3 is 2.65 bits per heavy atom. The molecular weight excluding hydrogens is 332 g/mol. The number of nitrogens with zero attached hydrogens (tertiary/aromatic N) is 2. The quantitative estimate of drug-likeness (QED) is 0.733. The molecule has 1 heterocycles. The highest BCUT2D eigenvalue weighted by atomic mass is 16.3. The van der Waals surface area contributed by atoms with Crippen LogP contribution in [0.25, 0.3) is 5.69 Å². The molecule has 4 rings (SSSR count). The summed E-state index contributed by atoms with van der Waals surface area (Å²) in [5.74, 6) is 0.791. The van der Waals surface area contributed by atoms with Gasteiger partial charge in [-0.05, 0) is 49.1 Å². The molecule has 2 bridgehead atoms. The first-order valence-corrected chi connectivity index (χ1v) is 9.03. The molecule has 3 N–H and O–H groups in total. The second-order valence-corrected chi connectivity index (χ2v) is 7.28. The lowest BCUT2D eigenvalue weighted by atomic mass is 9.86. The minimum absolute atomic E-state index is 0.130. The summed E-state index contributed by atoms with van der Waals surface area (Å²) in [5, 5.41) is 14.1. The average molecular weight is 354 g/mol. The Kier molecular flexibility index (Phi) is 4.36. The molecule has 2 fully saturated rings. The molecule has 3 atom stereocenters. The number of hydrogen-bond acceptors (Lipinski definition) is 4. The van der Waals surface area contributed by atoms with E-state index in [9.17, 15) is 14.7 Å². The van der Waals surface area contributed by atoms with Crippen LogP contribution in [0.3, 0.4) is 0 Å². The summed E-state index contributed by atoms with van der Waals surface area (Å²) in [6, 6.07) is 9.16. The number of hydrogen-bond donors (Lipinski definition) is 3. The van der Waals surface area contributed by atoms with Crippen LogP contribution < -0.4 is 10.9 Å². The van der Waals surface area contributed by atoms with E-state index in [1.165, 1.54) is 30.1 Å². The van der Waals surface area contributed by atoms with Crippen molar-refractivity contribution in [3.63, 3.8) is 0 Å². The lowest BCUT2D eigenvalue weighted by Crippen LogP contribution is -2.42. The third-order valence-electron chi connectivity index (χ3n) is 5.58. The topological polar surface area (TPSA) is 96.3 Å². The number of hydrazine groups is 1. The lowest BCUT2D eigenvalue weighted by molar-refractivity contribution is -0.123. The van der Waals surface area contributed by atoms with E-state index in [-0.39, 0.29) is 17.4 Å². The molecule has 0 aliphatic heterocycles. The van der Waals surface area contributed by atoms with E-state index in [0.29, 0.717) is 18.3 Å². The molecule has 2 aromatic rings. The SMILES string of the molecule is O=C(CC1CC2CCC1C2)NNC(=O)c1nn(-c2ccccc2)cc1O. The van der Waals surface area contributed by atoms with Gasteiger partial charge in [0.2, 0.25) is 5.91 Å². The third-order valence-corrected chi connectivity index (χ3v) is 5.58. The van der Waals surface area contributed by atoms with Crippen molar-refractivity contribution in [3.8, 4) is 11.4 Å². The highest BCUT2D eigenvalue weighted by Gasteiger charge is 2.40. The first kappa shape index (κ1) is 16.6. The summed E-state index contributed by atoms with van der Waals surface area (Å²) in [6.45, 7) is 0. The number of carbonyl (C=O) groups is 2. The molecule has 3 unspecified atom stereocenters. The fourth-order valence-corrected chi connectivity index (χ4v) is 4.34. The molecule has 1 aromatic carbocycles. The summed E-state index contributed by atoms with van der Waals surface area (Å²) < 4.78 is 1.42. The smallest absolute Gasteiger partial charge is 0.294 e. The fraction of sp³-hybridized carbons (Fsp3) is 0.421. The van der Waals surface area contributed by atoms with Gasteiger partial charge in [0.1, 0.15) is 0 Å². The Labute approximate surface area is 151 Å². The molecule has 2 aliphatic rings. The molecule has 136 valence electrons. The van der Waals surface area contributed by atoms with Crippen LogP contribution in [0.4, 0.5) is 0 Å². The number of benzene rings is 1. The molecule has 1 aromatic heterocycles. The van der Waals surface area contributed by atoms with Gasteiger partial charge in [0.05, 0.1) is 11.9 Å². The van der Waals surface area contributed by atoms with E-state index >= 15 is 0 Å². The molecule has 7 nitrogen and oxygen atoms in total. The van der Waals surface area contributed by atoms with Crippen LogP contribution >= 0.6 is 0 Å². The molecule has 26 heavy (non-hydrogen) atoms. The van der Waals surface area contributed by atoms with Gasteiger partial charge in [0, 0.05) is 6.42 Å². The Morgan fingerprint density at radius 1 is 1.15 bits per heavy atom. The highest BCUT2D eigenvalue weighted by Crippen LogP contribution is 2.49. The molecule has 0 radical (unpaired) electrons. The van der Waals surface area contributed by atoms with E-state index in [1.54, 1.807) is 0 Å². The van der Waals surface area contributed by atoms with Gasteiger partial charge in [-0.15, -0.1) is 0 Å². The average Bonchev–Trinajstić information content (AvgIpc) is 3.36. The number of fused-ring (bicyclic) bond motifs is 2. The monoisotopic (exact) mass is 354 g/mol. The zero-order valence-electron chi connectivity index (χ0n) is 14.4. The number of aromatic hydroxyl groups is 1. The maximum atomic E-state index is 12.2. The summed E-state index contributed by atoms with van der Waals surface area (Å²) in [6.07, 6.45) is 6.68. The Morgan fingerprint density at radius 2 is 1.96 bits per heavy atom. The van der Waals surface area contributed by atoms with Gasteiger partial charge in [0.15, 0.2) is 11.4 Å². The van der Waals surface area contributed by atoms with Gasteiger partial charge in [-0.25, -0.2) is 4.68 Å². The zero-order valence-corrected chi connectivity index (χ0v) is 14.4. The third kappa shape index (κ3) is 3.29. The normalized spacial score (nSPS) is 23.8. The summed E-state index contributed by atoms with van der Waals surface area (Å²) in [5.41, 5.74) is 5.39. The van der Waals surface area contributed by atoms with Crippen molar-refractivity contribution >= 4 is 11.8 Å². The molecule has 2 saturated carbocycles. The van der Waals surface area contributed by atoms with Crippen molar-refractivity contribution in [2.45, 2.75) is 32.1 Å². The molecule has 0 spiro atoms. The van der Waals surface area contributed by atoms with E-state index < -0.39 is 5.91 Å². The van der Waals surface area contributed by atoms with Crippen LogP contribution in [-0.4, -0.2) is 26.7 Å². The van der Waals surface area contributed by atoms with Crippen molar-refractivity contribution in [1.29, 1.82) is 0 Å². The maximum Gasteiger partial charge on any atom is 0.294 e. The Balaban J connectivity index is 1.33. The Hall–Kier alpha value is -2.83. The first-order valence-electron chi connectivity index (χ1n) is 9.03. The molecule has 0 saturated heterocycles. The van der Waals surface area contributed by atoms with Gasteiger partial charge in [-0.3, -0.25) is 20.4 Å². The van der Waals surface area contributed by atoms with Gasteiger partial charge < -0.3 is 5.11 Å². The van der Waals surface area contributed by atoms with E-state index in [0.717, 1.165) is 18.0 Å². The van der Waals surface area contributed by atoms with Crippen molar-refractivity contribution < 1.29 is 14.7 Å². The van der Waals surface area contributed by atoms with Crippen LogP contribution in [0, 0.1) is 17.8 Å². The van der Waals surface area contributed by atoms with Crippen LogP contribution in [0.15, 0.2) is 36.5 Å². The van der Waals surface area contributed by atoms with Crippen molar-refractivity contribution in [2.75, 3.05) is 0 Å². The van der Waals surface area contributed by atoms with Crippen molar-refractivity contribution in [1.82, 2.24) is 20.6 Å². The predicted octanol–water partition coefficient (Wildman–Crippen LogP) is 2.17. The van der Waals surface area contributed by atoms with Gasteiger partial charge in [0.25, 0.3) is 5.91 Å². The largest absolute Gasteiger partial charge is 0.504 e. The van der Waals surface area contributed by atoms with Crippen LogP contribution in [-0.2, 0) is 4.79 Å². The maximum absolute atomic E-state index is 12.2. The highest BCUT2D eigenvalue weighted by molar-refractivity contribution is 5.95. The van der Waals surface area contributed by atoms with Gasteiger partial charge in [-0.2, -0.15) is 5.10 Å². The van der Waals surface area contributed by atoms with Crippen LogP contribution in [0.1, 0.15) is 42.6 Å². The van der Waals surface area contributed by atoms with Crippen molar-refractivity contribution in [2.24, 2.45) is 17.8 Å². The van der Waals surface area contributed by atoms with Gasteiger partial charge >= 0.3 is 0 Å². The predicted molar refractivity (Wildman–Crippen MR) is 94.4 cm³/mol. The fourth-order valence-electron chi connectivity index (χ4n) is 4.34. The Bertz CT molecular complexity index is 817. The van der Waals surface area contributed by atoms with Gasteiger partial charge in [-0.1, -0.05) is 24.6 Å². The standard InChI is InChI=1S/C19H22N4O3/c24-16-11-23(15-4-2-1-3-5-15)22-18(16)19(26)21-20-17(25)10-14-9-12-6-7-13(14)8-12/h1-5,11-14,24H,6-10H2,(H,20,25)(H,21,26). The summed E-state index contributed by atoms with van der Waals surface area (Å²) in [7, 11) is 0. The molecular formula is C19H22N4O3. The number of rotatable bonds is 4. The van der Waals surface area contributed by atoms with Crippen molar-refractivity contribution in [3.05, 3.63) is 42.2 Å². The first-order chi connectivity index (χ1) is 12.6. The van der Waals surface area contributed by atoms with Crippen LogP contribution in [0.5, 0.6) is 5.75 Å².